The largest absolute Gasteiger partial charge is 0.462 e. The summed E-state index contributed by atoms with van der Waals surface area (Å²) in [5.41, 5.74) is 1.28. The number of Topliss-reactive ketones (excluding diaryl/α,β-unsaturated/α-hetero) is 1. The number of carbonyl (C=O) groups excluding carboxylic acids is 2. The highest BCUT2D eigenvalue weighted by Gasteiger charge is 2.14. The van der Waals surface area contributed by atoms with Gasteiger partial charge in [0.2, 0.25) is 0 Å². The Bertz CT molecular complexity index is 605. The predicted molar refractivity (Wildman–Crippen MR) is 85.9 cm³/mol. The molecule has 1 unspecified atom stereocenters. The number of rotatable bonds is 7. The van der Waals surface area contributed by atoms with Crippen molar-refractivity contribution in [1.82, 2.24) is 0 Å². The highest BCUT2D eigenvalue weighted by molar-refractivity contribution is 5.97. The second kappa shape index (κ2) is 8.13. The fourth-order valence-corrected chi connectivity index (χ4v) is 2.23. The third-order valence-electron chi connectivity index (χ3n) is 3.53. The van der Waals surface area contributed by atoms with Crippen LogP contribution in [0.5, 0.6) is 0 Å². The van der Waals surface area contributed by atoms with Gasteiger partial charge in [0.25, 0.3) is 0 Å². The summed E-state index contributed by atoms with van der Waals surface area (Å²) >= 11 is 0. The molecule has 2 rings (SSSR count). The topological polar surface area (TPSA) is 43.4 Å². The lowest BCUT2D eigenvalue weighted by Crippen LogP contribution is -2.13. The van der Waals surface area contributed by atoms with Gasteiger partial charge in [0.1, 0.15) is 0 Å². The highest BCUT2D eigenvalue weighted by Crippen LogP contribution is 2.14. The zero-order valence-corrected chi connectivity index (χ0v) is 12.7. The molecule has 114 valence electrons. The van der Waals surface area contributed by atoms with Crippen LogP contribution < -0.4 is 0 Å². The molecule has 0 bridgehead atoms. The van der Waals surface area contributed by atoms with Crippen LogP contribution in [0.2, 0.25) is 0 Å². The van der Waals surface area contributed by atoms with Gasteiger partial charge in [-0.15, -0.1) is 0 Å². The Labute approximate surface area is 130 Å². The Balaban J connectivity index is 1.72. The number of ether oxygens (including phenoxy) is 1. The van der Waals surface area contributed by atoms with Crippen LogP contribution in [0.15, 0.2) is 60.7 Å². The van der Waals surface area contributed by atoms with E-state index in [4.69, 9.17) is 4.74 Å². The molecule has 22 heavy (non-hydrogen) atoms. The van der Waals surface area contributed by atoms with Crippen molar-refractivity contribution in [3.8, 4) is 0 Å². The number of carbonyl (C=O) groups is 2. The van der Waals surface area contributed by atoms with Crippen molar-refractivity contribution >= 4 is 11.8 Å². The van der Waals surface area contributed by atoms with Crippen LogP contribution in [0.4, 0.5) is 0 Å². The molecule has 0 heterocycles. The minimum atomic E-state index is -0.317. The average Bonchev–Trinajstić information content (AvgIpc) is 2.59. The molecule has 0 N–H and O–H groups in total. The van der Waals surface area contributed by atoms with Crippen molar-refractivity contribution < 1.29 is 14.3 Å². The van der Waals surface area contributed by atoms with Crippen LogP contribution in [0.3, 0.4) is 0 Å². The van der Waals surface area contributed by atoms with Crippen molar-refractivity contribution in [2.75, 3.05) is 6.61 Å². The van der Waals surface area contributed by atoms with Gasteiger partial charge in [-0.2, -0.15) is 0 Å². The fourth-order valence-electron chi connectivity index (χ4n) is 2.23. The minimum absolute atomic E-state index is 0.0715. The summed E-state index contributed by atoms with van der Waals surface area (Å²) in [5.74, 6) is -0.254. The fraction of sp³-hybridized carbons (Fsp3) is 0.263. The van der Waals surface area contributed by atoms with Gasteiger partial charge in [0.05, 0.1) is 12.2 Å². The maximum atomic E-state index is 12.2. The first kappa shape index (κ1) is 16.0. The zero-order chi connectivity index (χ0) is 15.8. The van der Waals surface area contributed by atoms with Crippen LogP contribution in [-0.2, 0) is 4.74 Å². The van der Waals surface area contributed by atoms with E-state index < -0.39 is 0 Å². The van der Waals surface area contributed by atoms with E-state index in [-0.39, 0.29) is 17.7 Å². The Hall–Kier alpha value is -2.42. The van der Waals surface area contributed by atoms with E-state index in [0.29, 0.717) is 25.0 Å². The average molecular weight is 296 g/mol. The Morgan fingerprint density at radius 3 is 2.05 bits per heavy atom. The molecule has 0 saturated carbocycles. The van der Waals surface area contributed by atoms with Crippen molar-refractivity contribution in [3.05, 3.63) is 71.8 Å². The van der Waals surface area contributed by atoms with Crippen molar-refractivity contribution in [2.45, 2.75) is 19.8 Å². The molecule has 0 fully saturated rings. The van der Waals surface area contributed by atoms with Gasteiger partial charge in [-0.1, -0.05) is 55.5 Å². The standard InChI is InChI=1S/C19H20O3/c1-15(18(20)16-10-4-2-5-11-16)9-8-14-22-19(21)17-12-6-3-7-13-17/h2-7,10-13,15H,8-9,14H2,1H3. The Kier molecular flexibility index (Phi) is 5.90. The minimum Gasteiger partial charge on any atom is -0.462 e. The predicted octanol–water partition coefficient (Wildman–Crippen LogP) is 4.14. The monoisotopic (exact) mass is 296 g/mol. The number of esters is 1. The molecule has 3 nitrogen and oxygen atoms in total. The molecule has 0 aliphatic carbocycles. The maximum Gasteiger partial charge on any atom is 0.338 e. The van der Waals surface area contributed by atoms with Gasteiger partial charge in [-0.3, -0.25) is 4.79 Å². The molecule has 1 atom stereocenters. The third-order valence-corrected chi connectivity index (χ3v) is 3.53. The van der Waals surface area contributed by atoms with Crippen LogP contribution >= 0.6 is 0 Å². The summed E-state index contributed by atoms with van der Waals surface area (Å²) in [7, 11) is 0. The van der Waals surface area contributed by atoms with Crippen LogP contribution in [0.1, 0.15) is 40.5 Å². The normalized spacial score (nSPS) is 11.7. The van der Waals surface area contributed by atoms with Gasteiger partial charge >= 0.3 is 5.97 Å². The summed E-state index contributed by atoms with van der Waals surface area (Å²) in [6, 6.07) is 18.2. The van der Waals surface area contributed by atoms with Crippen molar-refractivity contribution in [3.63, 3.8) is 0 Å². The lowest BCUT2D eigenvalue weighted by molar-refractivity contribution is 0.0494. The molecule has 2 aromatic rings. The smallest absolute Gasteiger partial charge is 0.338 e. The molecule has 0 radical (unpaired) electrons. The van der Waals surface area contributed by atoms with Gasteiger partial charge < -0.3 is 4.74 Å². The lowest BCUT2D eigenvalue weighted by Gasteiger charge is -2.10. The molecule has 0 aromatic heterocycles. The SMILES string of the molecule is CC(CCCOC(=O)c1ccccc1)C(=O)c1ccccc1. The van der Waals surface area contributed by atoms with E-state index in [1.54, 1.807) is 24.3 Å². The van der Waals surface area contributed by atoms with E-state index >= 15 is 0 Å². The first-order valence-electron chi connectivity index (χ1n) is 7.50. The van der Waals surface area contributed by atoms with Crippen LogP contribution in [-0.4, -0.2) is 18.4 Å². The quantitative estimate of drug-likeness (QED) is 0.438. The lowest BCUT2D eigenvalue weighted by atomic mass is 9.95. The molecule has 0 amide bonds. The molecule has 0 spiro atoms. The molecular weight excluding hydrogens is 276 g/mol. The summed E-state index contributed by atoms with van der Waals surface area (Å²) < 4.78 is 5.21. The molecule has 0 aliphatic rings. The van der Waals surface area contributed by atoms with E-state index in [0.717, 1.165) is 5.56 Å². The molecule has 2 aromatic carbocycles. The first-order chi connectivity index (χ1) is 10.7. The van der Waals surface area contributed by atoms with E-state index in [1.165, 1.54) is 0 Å². The third kappa shape index (κ3) is 4.55. The molecule has 3 heteroatoms. The number of hydrogen-bond donors (Lipinski definition) is 0. The number of ketones is 1. The highest BCUT2D eigenvalue weighted by atomic mass is 16.5. The second-order valence-electron chi connectivity index (χ2n) is 5.28. The van der Waals surface area contributed by atoms with Crippen LogP contribution in [0.25, 0.3) is 0 Å². The molecule has 0 aliphatic heterocycles. The zero-order valence-electron chi connectivity index (χ0n) is 12.7. The van der Waals surface area contributed by atoms with Gasteiger partial charge in [0.15, 0.2) is 5.78 Å². The Morgan fingerprint density at radius 2 is 1.45 bits per heavy atom. The number of hydrogen-bond acceptors (Lipinski definition) is 3. The summed E-state index contributed by atoms with van der Waals surface area (Å²) in [6.45, 7) is 2.24. The van der Waals surface area contributed by atoms with E-state index in [9.17, 15) is 9.59 Å². The van der Waals surface area contributed by atoms with Crippen LogP contribution in [0, 0.1) is 5.92 Å². The van der Waals surface area contributed by atoms with Gasteiger partial charge in [0, 0.05) is 11.5 Å². The van der Waals surface area contributed by atoms with Crippen molar-refractivity contribution in [2.24, 2.45) is 5.92 Å². The van der Waals surface area contributed by atoms with E-state index in [2.05, 4.69) is 0 Å². The van der Waals surface area contributed by atoms with E-state index in [1.807, 2.05) is 43.3 Å². The van der Waals surface area contributed by atoms with Crippen molar-refractivity contribution in [1.29, 1.82) is 0 Å². The van der Waals surface area contributed by atoms with Gasteiger partial charge in [-0.25, -0.2) is 4.79 Å². The van der Waals surface area contributed by atoms with Gasteiger partial charge in [-0.05, 0) is 25.0 Å². The second-order valence-corrected chi connectivity index (χ2v) is 5.28. The summed E-state index contributed by atoms with van der Waals surface area (Å²) in [4.78, 5) is 23.9. The Morgan fingerprint density at radius 1 is 0.909 bits per heavy atom. The maximum absolute atomic E-state index is 12.2. The molecular formula is C19H20O3. The summed E-state index contributed by atoms with van der Waals surface area (Å²) in [6.07, 6.45) is 1.38. The molecule has 0 saturated heterocycles. The first-order valence-corrected chi connectivity index (χ1v) is 7.50. The summed E-state index contributed by atoms with van der Waals surface area (Å²) in [5, 5.41) is 0. The number of benzene rings is 2.